The van der Waals surface area contributed by atoms with Crippen molar-refractivity contribution in [2.75, 3.05) is 30.0 Å². The van der Waals surface area contributed by atoms with E-state index < -0.39 is 0 Å². The van der Waals surface area contributed by atoms with Gasteiger partial charge >= 0.3 is 0 Å². The Balaban J connectivity index is 0.00000387. The van der Waals surface area contributed by atoms with Crippen LogP contribution in [0.15, 0.2) is 146 Å². The Morgan fingerprint density at radius 3 is 2.10 bits per heavy atom. The zero-order valence-corrected chi connectivity index (χ0v) is 30.1. The molecule has 8 aromatic rings. The number of nitrogens with one attached hydrogen (secondary N) is 2. The number of hydrogen-bond donors (Lipinski definition) is 3. The number of fused-ring (bicyclic) bond motifs is 7. The lowest BCUT2D eigenvalue weighted by Crippen LogP contribution is -3.08. The summed E-state index contributed by atoms with van der Waals surface area (Å²) in [4.78, 5) is 23.8. The number of anilines is 4. The molecule has 4 heterocycles. The molecule has 5 aromatic carbocycles. The Kier molecular flexibility index (Phi) is 8.98. The Morgan fingerprint density at radius 1 is 0.731 bits per heavy atom. The molecule has 2 unspecified atom stereocenters. The average molecular weight is 747 g/mol. The molecule has 52 heavy (non-hydrogen) atoms. The first-order chi connectivity index (χ1) is 25.2. The van der Waals surface area contributed by atoms with Crippen LogP contribution in [0.5, 0.6) is 0 Å². The van der Waals surface area contributed by atoms with Gasteiger partial charge in [0, 0.05) is 58.4 Å². The first kappa shape index (κ1) is 33.3. The second-order valence-electron chi connectivity index (χ2n) is 12.8. The number of para-hydroxylation sites is 3. The maximum atomic E-state index is 9.80. The van der Waals surface area contributed by atoms with E-state index in [4.69, 9.17) is 4.98 Å². The van der Waals surface area contributed by atoms with Crippen LogP contribution in [0.1, 0.15) is 5.56 Å². The number of likely N-dealkylation sites (N-methyl/N-ethyl adjacent to an activating group) is 1. The van der Waals surface area contributed by atoms with E-state index in [1.807, 2.05) is 24.4 Å². The van der Waals surface area contributed by atoms with Gasteiger partial charge in [0.05, 0.1) is 35.7 Å². The second-order valence-corrected chi connectivity index (χ2v) is 12.8. The van der Waals surface area contributed by atoms with Crippen molar-refractivity contribution in [1.29, 1.82) is 0 Å². The van der Waals surface area contributed by atoms with Crippen molar-refractivity contribution < 1.29 is 27.0 Å². The van der Waals surface area contributed by atoms with Crippen LogP contribution in [0.2, 0.25) is 0 Å². The number of halogens is 1. The third-order valence-electron chi connectivity index (χ3n) is 9.86. The summed E-state index contributed by atoms with van der Waals surface area (Å²) < 4.78 is 0. The largest absolute Gasteiger partial charge is 1.00 e. The van der Waals surface area contributed by atoms with Crippen LogP contribution in [-0.2, 0) is 0 Å². The molecule has 0 saturated carbocycles. The van der Waals surface area contributed by atoms with Gasteiger partial charge in [-0.15, -0.1) is 0 Å². The number of hydrogen-bond acceptors (Lipinski definition) is 6. The lowest BCUT2D eigenvalue weighted by Gasteiger charge is -2.26. The lowest BCUT2D eigenvalue weighted by molar-refractivity contribution is -0.823. The number of benzene rings is 5. The molecular weight excluding hydrogens is 710 g/mol. The van der Waals surface area contributed by atoms with E-state index in [-0.39, 0.29) is 29.8 Å². The number of aliphatic hydroxyl groups excluding tert-OH is 1. The van der Waals surface area contributed by atoms with Gasteiger partial charge in [0.1, 0.15) is 11.5 Å². The van der Waals surface area contributed by atoms with Gasteiger partial charge in [-0.05, 0) is 90.5 Å². The highest BCUT2D eigenvalue weighted by atomic mass is 79.9. The van der Waals surface area contributed by atoms with E-state index in [0.717, 1.165) is 66.9 Å². The molecule has 9 heteroatoms. The lowest BCUT2D eigenvalue weighted by atomic mass is 10.1. The number of aromatic amines is 1. The van der Waals surface area contributed by atoms with Crippen LogP contribution >= 0.6 is 0 Å². The molecule has 256 valence electrons. The van der Waals surface area contributed by atoms with Crippen molar-refractivity contribution in [1.82, 2.24) is 19.9 Å². The minimum atomic E-state index is 0. The van der Waals surface area contributed by atoms with Crippen LogP contribution in [0.4, 0.5) is 28.4 Å². The third kappa shape index (κ3) is 5.78. The van der Waals surface area contributed by atoms with Crippen LogP contribution in [0, 0.1) is 0 Å². The molecule has 0 radical (unpaired) electrons. The van der Waals surface area contributed by atoms with E-state index in [0.29, 0.717) is 6.54 Å². The van der Waals surface area contributed by atoms with Gasteiger partial charge in [0.2, 0.25) is 0 Å². The number of H-pyrrole nitrogens is 1. The second kappa shape index (κ2) is 14.0. The summed E-state index contributed by atoms with van der Waals surface area (Å²) in [5.74, 6) is 0.802. The van der Waals surface area contributed by atoms with Crippen LogP contribution in [0.3, 0.4) is 0 Å². The maximum Gasteiger partial charge on any atom is 0.187 e. The summed E-state index contributed by atoms with van der Waals surface area (Å²) in [6.45, 7) is 0.700. The highest BCUT2D eigenvalue weighted by Crippen LogP contribution is 2.37. The van der Waals surface area contributed by atoms with Gasteiger partial charge in [-0.25, -0.2) is 4.98 Å². The Bertz CT molecular complexity index is 2460. The molecular formula is C43H36BrN7O. The number of pyridine rings is 2. The first-order valence-corrected chi connectivity index (χ1v) is 17.2. The zero-order chi connectivity index (χ0) is 34.3. The average Bonchev–Trinajstić information content (AvgIpc) is 3.76. The molecule has 0 amide bonds. The number of β-amino-alcohol motifs (C(OH)–C–C–N with tert-alkyl or cyclic N) is 1. The summed E-state index contributed by atoms with van der Waals surface area (Å²) in [5, 5.41) is 11.8. The SMILES string of the molecule is C[NH+]1c2ccccc2N(CCO)C1/C=C/c1ccc(N(c2ccccc2)c2ccc(-c3nc4c5cccnc5c5ncccc5c4[nH]3)cc2)cc1.[Br-]. The topological polar surface area (TPSA) is 85.6 Å². The van der Waals surface area contributed by atoms with Gasteiger partial charge in [-0.1, -0.05) is 48.5 Å². The molecule has 1 aliphatic rings. The highest BCUT2D eigenvalue weighted by molar-refractivity contribution is 6.21. The van der Waals surface area contributed by atoms with Crippen molar-refractivity contribution in [3.63, 3.8) is 0 Å². The number of aliphatic hydroxyl groups is 1. The molecule has 9 rings (SSSR count). The summed E-state index contributed by atoms with van der Waals surface area (Å²) in [6, 6.07) is 44.1. The first-order valence-electron chi connectivity index (χ1n) is 17.2. The molecule has 8 nitrogen and oxygen atoms in total. The summed E-state index contributed by atoms with van der Waals surface area (Å²) in [7, 11) is 2.18. The Morgan fingerprint density at radius 2 is 1.37 bits per heavy atom. The van der Waals surface area contributed by atoms with Gasteiger partial charge in [-0.3, -0.25) is 14.9 Å². The van der Waals surface area contributed by atoms with Gasteiger partial charge in [0.15, 0.2) is 11.9 Å². The number of imidazole rings is 1. The highest BCUT2D eigenvalue weighted by Gasteiger charge is 2.36. The minimum Gasteiger partial charge on any atom is -1.00 e. The fourth-order valence-electron chi connectivity index (χ4n) is 7.43. The fraction of sp³-hybridized carbons (Fsp3) is 0.0930. The molecule has 0 saturated heterocycles. The normalized spacial score (nSPS) is 15.4. The molecule has 3 N–H and O–H groups in total. The van der Waals surface area contributed by atoms with Crippen molar-refractivity contribution >= 4 is 67.4 Å². The predicted molar refractivity (Wildman–Crippen MR) is 207 cm³/mol. The van der Waals surface area contributed by atoms with Gasteiger partial charge in [0.25, 0.3) is 0 Å². The summed E-state index contributed by atoms with van der Waals surface area (Å²) in [6.07, 6.45) is 8.14. The van der Waals surface area contributed by atoms with Crippen LogP contribution in [0.25, 0.3) is 50.3 Å². The molecule has 3 aromatic heterocycles. The standard InChI is InChI=1S/C43H35N7O.BrH/c1-48-36-13-5-6-14-37(36)49(27-28-51)38(48)24-17-29-15-20-32(21-16-29)50(31-9-3-2-4-10-31)33-22-18-30(19-23-33)43-46-41-34-11-7-25-44-39(34)40-35(42(41)47-43)12-8-26-45-40;/h2-26,38,51H,27-28H2,1H3,(H,46,47);1H/b24-17+;. The third-order valence-corrected chi connectivity index (χ3v) is 9.86. The Labute approximate surface area is 312 Å². The summed E-state index contributed by atoms with van der Waals surface area (Å²) >= 11 is 0. The van der Waals surface area contributed by atoms with E-state index in [1.54, 1.807) is 6.20 Å². The molecule has 2 atom stereocenters. The molecule has 1 aliphatic heterocycles. The van der Waals surface area contributed by atoms with E-state index >= 15 is 0 Å². The Hall–Kier alpha value is -5.87. The molecule has 0 aliphatic carbocycles. The van der Waals surface area contributed by atoms with E-state index in [1.165, 1.54) is 16.3 Å². The predicted octanol–water partition coefficient (Wildman–Crippen LogP) is 4.80. The number of aromatic nitrogens is 4. The number of quaternary nitrogens is 1. The quantitative estimate of drug-likeness (QED) is 0.194. The zero-order valence-electron chi connectivity index (χ0n) is 28.5. The van der Waals surface area contributed by atoms with Crippen molar-refractivity contribution in [3.8, 4) is 11.4 Å². The molecule has 0 fully saturated rings. The van der Waals surface area contributed by atoms with E-state index in [9.17, 15) is 5.11 Å². The number of nitrogens with zero attached hydrogens (tertiary/aromatic N) is 5. The molecule has 0 bridgehead atoms. The van der Waals surface area contributed by atoms with Crippen molar-refractivity contribution in [2.45, 2.75) is 6.17 Å². The van der Waals surface area contributed by atoms with Crippen LogP contribution in [-0.4, -0.2) is 51.4 Å². The fourth-order valence-corrected chi connectivity index (χ4v) is 7.43. The maximum absolute atomic E-state index is 9.80. The number of rotatable bonds is 8. The van der Waals surface area contributed by atoms with E-state index in [2.05, 4.69) is 153 Å². The summed E-state index contributed by atoms with van der Waals surface area (Å²) in [5.41, 5.74) is 11.3. The monoisotopic (exact) mass is 745 g/mol. The van der Waals surface area contributed by atoms with Crippen molar-refractivity contribution in [3.05, 3.63) is 151 Å². The van der Waals surface area contributed by atoms with Crippen LogP contribution < -0.4 is 31.7 Å². The van der Waals surface area contributed by atoms with Crippen molar-refractivity contribution in [2.24, 2.45) is 0 Å². The van der Waals surface area contributed by atoms with Gasteiger partial charge < -0.3 is 36.9 Å². The van der Waals surface area contributed by atoms with Gasteiger partial charge in [-0.2, -0.15) is 0 Å². The smallest absolute Gasteiger partial charge is 0.187 e. The minimum absolute atomic E-state index is 0. The molecule has 0 spiro atoms.